The summed E-state index contributed by atoms with van der Waals surface area (Å²) in [7, 11) is 0. The molecule has 0 aliphatic heterocycles. The number of benzene rings is 1. The monoisotopic (exact) mass is 352 g/mol. The van der Waals surface area contributed by atoms with E-state index in [0.717, 1.165) is 25.0 Å². The molecule has 20 heavy (non-hydrogen) atoms. The largest absolute Gasteiger partial charge is 0.488 e. The highest BCUT2D eigenvalue weighted by molar-refractivity contribution is 9.09. The van der Waals surface area contributed by atoms with E-state index >= 15 is 0 Å². The standard InChI is InChI=1S/C14H16BrF3O2/c1-2-6-19-13-11(15)8-12(13)20-10-5-3-4-9(7-10)14(16,17)18/h3-5,7,11-13H,2,6,8H2,1H3. The lowest BCUT2D eigenvalue weighted by atomic mass is 9.91. The Morgan fingerprint density at radius 3 is 2.70 bits per heavy atom. The first-order valence-corrected chi connectivity index (χ1v) is 7.43. The molecule has 1 aromatic rings. The van der Waals surface area contributed by atoms with Crippen molar-refractivity contribution in [1.82, 2.24) is 0 Å². The van der Waals surface area contributed by atoms with Gasteiger partial charge < -0.3 is 9.47 Å². The van der Waals surface area contributed by atoms with Gasteiger partial charge in [-0.15, -0.1) is 0 Å². The van der Waals surface area contributed by atoms with Crippen LogP contribution < -0.4 is 4.74 Å². The zero-order valence-electron chi connectivity index (χ0n) is 11.0. The molecule has 1 aliphatic carbocycles. The molecule has 0 heterocycles. The van der Waals surface area contributed by atoms with E-state index in [-0.39, 0.29) is 22.8 Å². The number of ether oxygens (including phenoxy) is 2. The molecule has 0 bridgehead atoms. The van der Waals surface area contributed by atoms with Crippen molar-refractivity contribution < 1.29 is 22.6 Å². The van der Waals surface area contributed by atoms with Crippen LogP contribution in [0.3, 0.4) is 0 Å². The third kappa shape index (κ3) is 3.67. The highest BCUT2D eigenvalue weighted by Gasteiger charge is 2.42. The fraction of sp³-hybridized carbons (Fsp3) is 0.571. The second kappa shape index (κ2) is 6.35. The molecule has 1 aromatic carbocycles. The van der Waals surface area contributed by atoms with E-state index in [1.807, 2.05) is 6.92 Å². The van der Waals surface area contributed by atoms with Gasteiger partial charge in [-0.1, -0.05) is 28.9 Å². The topological polar surface area (TPSA) is 18.5 Å². The Hall–Kier alpha value is -0.750. The van der Waals surface area contributed by atoms with E-state index < -0.39 is 11.7 Å². The average Bonchev–Trinajstić information content (AvgIpc) is 2.38. The zero-order valence-corrected chi connectivity index (χ0v) is 12.6. The molecule has 0 spiro atoms. The van der Waals surface area contributed by atoms with E-state index in [9.17, 15) is 13.2 Å². The van der Waals surface area contributed by atoms with Crippen molar-refractivity contribution in [3.63, 3.8) is 0 Å². The molecular formula is C14H16BrF3O2. The van der Waals surface area contributed by atoms with Crippen molar-refractivity contribution in [1.29, 1.82) is 0 Å². The minimum absolute atomic E-state index is 0.107. The third-order valence-electron chi connectivity index (χ3n) is 3.14. The van der Waals surface area contributed by atoms with Crippen LogP contribution >= 0.6 is 15.9 Å². The molecule has 2 rings (SSSR count). The molecule has 1 saturated carbocycles. The lowest BCUT2D eigenvalue weighted by Gasteiger charge is -2.41. The second-order valence-corrected chi connectivity index (χ2v) is 5.95. The van der Waals surface area contributed by atoms with Gasteiger partial charge >= 0.3 is 6.18 Å². The zero-order chi connectivity index (χ0) is 14.8. The van der Waals surface area contributed by atoms with Gasteiger partial charge in [-0.2, -0.15) is 13.2 Å². The fourth-order valence-electron chi connectivity index (χ4n) is 2.03. The molecule has 2 nitrogen and oxygen atoms in total. The van der Waals surface area contributed by atoms with Crippen molar-refractivity contribution in [2.75, 3.05) is 6.61 Å². The summed E-state index contributed by atoms with van der Waals surface area (Å²) in [4.78, 5) is 0.199. The summed E-state index contributed by atoms with van der Waals surface area (Å²) in [5, 5.41) is 0. The molecule has 0 radical (unpaired) electrons. The summed E-state index contributed by atoms with van der Waals surface area (Å²) < 4.78 is 49.1. The van der Waals surface area contributed by atoms with E-state index in [2.05, 4.69) is 15.9 Å². The van der Waals surface area contributed by atoms with Crippen LogP contribution in [-0.2, 0) is 10.9 Å². The van der Waals surface area contributed by atoms with E-state index in [4.69, 9.17) is 9.47 Å². The summed E-state index contributed by atoms with van der Waals surface area (Å²) in [6.07, 6.45) is -3.04. The molecule has 112 valence electrons. The molecule has 3 atom stereocenters. The van der Waals surface area contributed by atoms with Gasteiger partial charge in [0.05, 0.1) is 5.56 Å². The number of hydrogen-bond donors (Lipinski definition) is 0. The molecule has 0 saturated heterocycles. The number of halogens is 4. The molecule has 6 heteroatoms. The van der Waals surface area contributed by atoms with Crippen molar-refractivity contribution in [2.24, 2.45) is 0 Å². The van der Waals surface area contributed by atoms with Crippen LogP contribution in [0.4, 0.5) is 13.2 Å². The molecule has 3 unspecified atom stereocenters. The lowest BCUT2D eigenvalue weighted by molar-refractivity contribution is -0.137. The Kier molecular flexibility index (Phi) is 4.96. The summed E-state index contributed by atoms with van der Waals surface area (Å²) in [6, 6.07) is 4.95. The highest BCUT2D eigenvalue weighted by Crippen LogP contribution is 2.36. The number of rotatable bonds is 5. The Labute approximate surface area is 124 Å². The molecule has 0 aromatic heterocycles. The highest BCUT2D eigenvalue weighted by atomic mass is 79.9. The van der Waals surface area contributed by atoms with Crippen LogP contribution in [0.25, 0.3) is 0 Å². The van der Waals surface area contributed by atoms with Gasteiger partial charge in [0.1, 0.15) is 18.0 Å². The average molecular weight is 353 g/mol. The molecule has 0 N–H and O–H groups in total. The van der Waals surface area contributed by atoms with Gasteiger partial charge in [0.25, 0.3) is 0 Å². The number of hydrogen-bond acceptors (Lipinski definition) is 2. The van der Waals surface area contributed by atoms with E-state index in [0.29, 0.717) is 6.61 Å². The number of alkyl halides is 4. The lowest BCUT2D eigenvalue weighted by Crippen LogP contribution is -2.52. The van der Waals surface area contributed by atoms with Gasteiger partial charge in [0, 0.05) is 17.9 Å². The first-order chi connectivity index (χ1) is 9.41. The Morgan fingerprint density at radius 2 is 2.10 bits per heavy atom. The van der Waals surface area contributed by atoms with Crippen LogP contribution in [-0.4, -0.2) is 23.6 Å². The van der Waals surface area contributed by atoms with Gasteiger partial charge in [0.15, 0.2) is 0 Å². The van der Waals surface area contributed by atoms with Crippen LogP contribution in [0.5, 0.6) is 5.75 Å². The summed E-state index contributed by atoms with van der Waals surface area (Å²) >= 11 is 3.47. The molecule has 0 amide bonds. The van der Waals surface area contributed by atoms with Crippen LogP contribution in [0, 0.1) is 0 Å². The van der Waals surface area contributed by atoms with Crippen LogP contribution in [0.1, 0.15) is 25.3 Å². The minimum Gasteiger partial charge on any atom is -0.488 e. The normalized spacial score (nSPS) is 26.1. The SMILES string of the molecule is CCCOC1C(Br)CC1Oc1cccc(C(F)(F)F)c1. The van der Waals surface area contributed by atoms with Crippen molar-refractivity contribution >= 4 is 15.9 Å². The van der Waals surface area contributed by atoms with E-state index in [1.165, 1.54) is 12.1 Å². The predicted octanol–water partition coefficient (Wildman–Crippen LogP) is 4.42. The van der Waals surface area contributed by atoms with Crippen molar-refractivity contribution in [3.05, 3.63) is 29.8 Å². The fourth-order valence-corrected chi connectivity index (χ4v) is 2.89. The molecule has 1 fully saturated rings. The molecule has 1 aliphatic rings. The first-order valence-electron chi connectivity index (χ1n) is 6.51. The maximum Gasteiger partial charge on any atom is 0.416 e. The predicted molar refractivity (Wildman–Crippen MR) is 73.2 cm³/mol. The Bertz CT molecular complexity index is 450. The molecular weight excluding hydrogens is 337 g/mol. The summed E-state index contributed by atoms with van der Waals surface area (Å²) in [5.74, 6) is 0.231. The third-order valence-corrected chi connectivity index (χ3v) is 4.04. The quantitative estimate of drug-likeness (QED) is 0.730. The summed E-state index contributed by atoms with van der Waals surface area (Å²) in [6.45, 7) is 2.62. The van der Waals surface area contributed by atoms with Crippen molar-refractivity contribution in [2.45, 2.75) is 43.0 Å². The van der Waals surface area contributed by atoms with Crippen LogP contribution in [0.15, 0.2) is 24.3 Å². The maximum atomic E-state index is 12.6. The van der Waals surface area contributed by atoms with Crippen LogP contribution in [0.2, 0.25) is 0 Å². The van der Waals surface area contributed by atoms with Gasteiger partial charge in [0.2, 0.25) is 0 Å². The van der Waals surface area contributed by atoms with E-state index in [1.54, 1.807) is 0 Å². The first kappa shape index (κ1) is 15.6. The Balaban J connectivity index is 2.00. The van der Waals surface area contributed by atoms with Gasteiger partial charge in [-0.25, -0.2) is 0 Å². The smallest absolute Gasteiger partial charge is 0.416 e. The maximum absolute atomic E-state index is 12.6. The van der Waals surface area contributed by atoms with Gasteiger partial charge in [-0.3, -0.25) is 0 Å². The van der Waals surface area contributed by atoms with Gasteiger partial charge in [-0.05, 0) is 24.6 Å². The second-order valence-electron chi connectivity index (χ2n) is 4.77. The Morgan fingerprint density at radius 1 is 1.35 bits per heavy atom. The van der Waals surface area contributed by atoms with Crippen molar-refractivity contribution in [3.8, 4) is 5.75 Å². The summed E-state index contributed by atoms with van der Waals surface area (Å²) in [5.41, 5.74) is -0.698. The minimum atomic E-state index is -4.35.